The molecule has 0 radical (unpaired) electrons. The number of aromatic nitrogens is 4. The lowest BCUT2D eigenvalue weighted by Gasteiger charge is -2.10. The molecule has 0 unspecified atom stereocenters. The van der Waals surface area contributed by atoms with Gasteiger partial charge in [0.2, 0.25) is 0 Å². The van der Waals surface area contributed by atoms with Gasteiger partial charge in [-0.3, -0.25) is 9.78 Å². The fourth-order valence-electron chi connectivity index (χ4n) is 2.59. The Kier molecular flexibility index (Phi) is 4.28. The molecule has 0 atom stereocenters. The molecule has 4 rings (SSSR count). The van der Waals surface area contributed by atoms with Crippen molar-refractivity contribution in [2.24, 2.45) is 0 Å². The summed E-state index contributed by atoms with van der Waals surface area (Å²) in [5.41, 5.74) is 2.93. The maximum absolute atomic E-state index is 12.7. The molecule has 4 heterocycles. The minimum atomic E-state index is -0.220. The Morgan fingerprint density at radius 3 is 2.81 bits per heavy atom. The van der Waals surface area contributed by atoms with Gasteiger partial charge >= 0.3 is 0 Å². The average Bonchev–Trinajstić information content (AvgIpc) is 3.34. The van der Waals surface area contributed by atoms with Gasteiger partial charge in [0.05, 0.1) is 11.4 Å². The van der Waals surface area contributed by atoms with E-state index in [-0.39, 0.29) is 5.91 Å². The first-order chi connectivity index (χ1) is 12.7. The van der Waals surface area contributed by atoms with E-state index in [1.165, 1.54) is 4.88 Å². The van der Waals surface area contributed by atoms with Gasteiger partial charge in [-0.1, -0.05) is 0 Å². The molecule has 7 heteroatoms. The zero-order chi connectivity index (χ0) is 17.9. The Hall–Kier alpha value is -3.32. The molecule has 128 valence electrons. The van der Waals surface area contributed by atoms with Crippen LogP contribution in [-0.2, 0) is 0 Å². The van der Waals surface area contributed by atoms with Crippen LogP contribution in [0.5, 0.6) is 0 Å². The number of carbonyl (C=O) groups is 1. The monoisotopic (exact) mass is 361 g/mol. The van der Waals surface area contributed by atoms with Crippen molar-refractivity contribution >= 4 is 22.9 Å². The minimum absolute atomic E-state index is 0.220. The first-order valence-electron chi connectivity index (χ1n) is 7.98. The van der Waals surface area contributed by atoms with E-state index in [0.717, 1.165) is 11.3 Å². The van der Waals surface area contributed by atoms with Crippen LogP contribution >= 0.6 is 11.3 Å². The molecular formula is C19H15N5OS. The molecule has 0 fully saturated rings. The molecule has 4 aromatic heterocycles. The summed E-state index contributed by atoms with van der Waals surface area (Å²) in [6.07, 6.45) is 6.76. The number of thiophene rings is 1. The molecule has 26 heavy (non-hydrogen) atoms. The van der Waals surface area contributed by atoms with Gasteiger partial charge in [0.1, 0.15) is 0 Å². The second-order valence-electron chi connectivity index (χ2n) is 5.65. The molecule has 0 spiro atoms. The zero-order valence-electron chi connectivity index (χ0n) is 14.0. The van der Waals surface area contributed by atoms with Crippen molar-refractivity contribution in [3.8, 4) is 17.1 Å². The number of pyridine rings is 2. The average molecular weight is 361 g/mol. The molecule has 6 nitrogen and oxygen atoms in total. The number of rotatable bonds is 4. The van der Waals surface area contributed by atoms with Gasteiger partial charge in [-0.05, 0) is 43.3 Å². The number of nitrogens with zero attached hydrogens (tertiary/aromatic N) is 4. The van der Waals surface area contributed by atoms with E-state index < -0.39 is 0 Å². The number of aryl methyl sites for hydroxylation is 1. The van der Waals surface area contributed by atoms with E-state index in [9.17, 15) is 4.79 Å². The first kappa shape index (κ1) is 16.2. The van der Waals surface area contributed by atoms with Crippen LogP contribution in [0.25, 0.3) is 17.1 Å². The highest BCUT2D eigenvalue weighted by atomic mass is 32.1. The third-order valence-corrected chi connectivity index (χ3v) is 4.67. The van der Waals surface area contributed by atoms with Crippen LogP contribution < -0.4 is 5.32 Å². The molecule has 0 bridgehead atoms. The lowest BCUT2D eigenvalue weighted by atomic mass is 10.1. The summed E-state index contributed by atoms with van der Waals surface area (Å²) in [5.74, 6) is 0.365. The molecule has 0 saturated carbocycles. The molecular weight excluding hydrogens is 346 g/mol. The standard InChI is InChI=1S/C19H15N5OS/c1-13-10-15(12-26-13)18-16(4-2-6-21-18)23-19(25)14-5-8-20-17(11-14)24-9-3-7-22-24/h2-12H,1H3,(H,23,25). The minimum Gasteiger partial charge on any atom is -0.320 e. The van der Waals surface area contributed by atoms with Gasteiger partial charge in [-0.25, -0.2) is 9.67 Å². The smallest absolute Gasteiger partial charge is 0.255 e. The number of anilines is 1. The van der Waals surface area contributed by atoms with Crippen molar-refractivity contribution in [2.75, 3.05) is 5.32 Å². The van der Waals surface area contributed by atoms with Crippen molar-refractivity contribution in [3.63, 3.8) is 0 Å². The van der Waals surface area contributed by atoms with E-state index in [1.54, 1.807) is 65.1 Å². The normalized spacial score (nSPS) is 10.7. The maximum Gasteiger partial charge on any atom is 0.255 e. The second-order valence-corrected chi connectivity index (χ2v) is 6.77. The van der Waals surface area contributed by atoms with E-state index in [1.807, 2.05) is 18.4 Å². The number of hydrogen-bond acceptors (Lipinski definition) is 5. The van der Waals surface area contributed by atoms with Crippen molar-refractivity contribution in [1.29, 1.82) is 0 Å². The topological polar surface area (TPSA) is 72.7 Å². The van der Waals surface area contributed by atoms with Crippen LogP contribution in [0, 0.1) is 6.92 Å². The predicted molar refractivity (Wildman–Crippen MR) is 102 cm³/mol. The Morgan fingerprint density at radius 2 is 2.04 bits per heavy atom. The number of carbonyl (C=O) groups excluding carboxylic acids is 1. The summed E-state index contributed by atoms with van der Waals surface area (Å²) in [7, 11) is 0. The fraction of sp³-hybridized carbons (Fsp3) is 0.0526. The molecule has 4 aromatic rings. The van der Waals surface area contributed by atoms with Crippen LogP contribution in [0.4, 0.5) is 5.69 Å². The molecule has 0 aliphatic carbocycles. The van der Waals surface area contributed by atoms with Crippen molar-refractivity contribution < 1.29 is 4.79 Å². The van der Waals surface area contributed by atoms with Gasteiger partial charge in [-0.2, -0.15) is 5.10 Å². The molecule has 1 amide bonds. The lowest BCUT2D eigenvalue weighted by Crippen LogP contribution is -2.14. The van der Waals surface area contributed by atoms with Gasteiger partial charge in [0.25, 0.3) is 5.91 Å². The Bertz CT molecular complexity index is 1060. The highest BCUT2D eigenvalue weighted by Crippen LogP contribution is 2.29. The molecule has 1 N–H and O–H groups in total. The van der Waals surface area contributed by atoms with Crippen molar-refractivity contribution in [1.82, 2.24) is 19.7 Å². The second kappa shape index (κ2) is 6.89. The summed E-state index contributed by atoms with van der Waals surface area (Å²) in [4.78, 5) is 22.6. The summed E-state index contributed by atoms with van der Waals surface area (Å²) in [5, 5.41) is 9.13. The summed E-state index contributed by atoms with van der Waals surface area (Å²) >= 11 is 1.65. The van der Waals surface area contributed by atoms with Gasteiger partial charge in [0, 0.05) is 46.2 Å². The summed E-state index contributed by atoms with van der Waals surface area (Å²) in [6.45, 7) is 2.04. The largest absolute Gasteiger partial charge is 0.320 e. The van der Waals surface area contributed by atoms with Crippen LogP contribution in [0.15, 0.2) is 66.6 Å². The van der Waals surface area contributed by atoms with Gasteiger partial charge < -0.3 is 5.32 Å². The fourth-order valence-corrected chi connectivity index (χ4v) is 3.28. The quantitative estimate of drug-likeness (QED) is 0.597. The molecule has 0 aliphatic rings. The Labute approximate surface area is 154 Å². The lowest BCUT2D eigenvalue weighted by molar-refractivity contribution is 0.102. The Morgan fingerprint density at radius 1 is 1.12 bits per heavy atom. The third kappa shape index (κ3) is 3.25. The predicted octanol–water partition coefficient (Wildman–Crippen LogP) is 3.95. The van der Waals surface area contributed by atoms with Crippen LogP contribution in [0.1, 0.15) is 15.2 Å². The summed E-state index contributed by atoms with van der Waals surface area (Å²) in [6, 6.07) is 10.9. The van der Waals surface area contributed by atoms with Crippen LogP contribution in [0.3, 0.4) is 0 Å². The zero-order valence-corrected chi connectivity index (χ0v) is 14.8. The van der Waals surface area contributed by atoms with Crippen LogP contribution in [-0.4, -0.2) is 25.7 Å². The SMILES string of the molecule is Cc1cc(-c2ncccc2NC(=O)c2ccnc(-n3cccn3)c2)cs1. The van der Waals surface area contributed by atoms with E-state index in [0.29, 0.717) is 17.1 Å². The number of nitrogens with one attached hydrogen (secondary N) is 1. The van der Waals surface area contributed by atoms with Gasteiger partial charge in [0.15, 0.2) is 5.82 Å². The van der Waals surface area contributed by atoms with Crippen molar-refractivity contribution in [2.45, 2.75) is 6.92 Å². The third-order valence-electron chi connectivity index (χ3n) is 3.81. The number of amides is 1. The van der Waals surface area contributed by atoms with Crippen LogP contribution in [0.2, 0.25) is 0 Å². The van der Waals surface area contributed by atoms with E-state index >= 15 is 0 Å². The number of hydrogen-bond donors (Lipinski definition) is 1. The summed E-state index contributed by atoms with van der Waals surface area (Å²) < 4.78 is 1.61. The highest BCUT2D eigenvalue weighted by molar-refractivity contribution is 7.10. The van der Waals surface area contributed by atoms with E-state index in [4.69, 9.17) is 0 Å². The maximum atomic E-state index is 12.7. The van der Waals surface area contributed by atoms with Crippen molar-refractivity contribution in [3.05, 3.63) is 77.0 Å². The molecule has 0 aromatic carbocycles. The highest BCUT2D eigenvalue weighted by Gasteiger charge is 2.13. The molecule has 0 saturated heterocycles. The van der Waals surface area contributed by atoms with Gasteiger partial charge in [-0.15, -0.1) is 11.3 Å². The van der Waals surface area contributed by atoms with E-state index in [2.05, 4.69) is 26.4 Å². The molecule has 0 aliphatic heterocycles. The Balaban J connectivity index is 1.63. The first-order valence-corrected chi connectivity index (χ1v) is 8.86.